The summed E-state index contributed by atoms with van der Waals surface area (Å²) in [5.74, 6) is 1.97. The molecule has 2 aliphatic rings. The molecule has 2 aromatic rings. The third-order valence-electron chi connectivity index (χ3n) is 5.23. The van der Waals surface area contributed by atoms with Crippen LogP contribution in [-0.4, -0.2) is 37.3 Å². The molecule has 0 unspecified atom stereocenters. The van der Waals surface area contributed by atoms with E-state index in [1.54, 1.807) is 19.2 Å². The average Bonchev–Trinajstić information content (AvgIpc) is 2.94. The van der Waals surface area contributed by atoms with Crippen molar-refractivity contribution >= 4 is 0 Å². The van der Waals surface area contributed by atoms with Crippen LogP contribution in [0.4, 0.5) is 0 Å². The van der Waals surface area contributed by atoms with Crippen LogP contribution in [0.1, 0.15) is 28.8 Å². The molecule has 5 heteroatoms. The minimum atomic E-state index is -0.0593. The third-order valence-corrected chi connectivity index (χ3v) is 5.23. The van der Waals surface area contributed by atoms with Gasteiger partial charge in [-0.15, -0.1) is 0 Å². The molecule has 1 N–H and O–H groups in total. The van der Waals surface area contributed by atoms with Gasteiger partial charge in [-0.05, 0) is 29.3 Å². The normalized spacial score (nSPS) is 23.0. The van der Waals surface area contributed by atoms with Gasteiger partial charge in [0.2, 0.25) is 0 Å². The molecule has 0 aromatic heterocycles. The van der Waals surface area contributed by atoms with Gasteiger partial charge in [-0.3, -0.25) is 0 Å². The average molecular weight is 348 g/mol. The Balaban J connectivity index is 0.00000169. The molecule has 0 aliphatic carbocycles. The molecular weight excluding hydrogens is 326 g/mol. The van der Waals surface area contributed by atoms with Crippen LogP contribution in [0.15, 0.2) is 36.4 Å². The summed E-state index contributed by atoms with van der Waals surface area (Å²) < 4.78 is 12.8. The number of phenolic OH excluding ortho intramolecular Hbond substituents is 1. The molecule has 2 aromatic carbocycles. The summed E-state index contributed by atoms with van der Waals surface area (Å²) in [4.78, 5) is 0. The van der Waals surface area contributed by atoms with Gasteiger partial charge in [-0.25, -0.2) is 0 Å². The predicted molar refractivity (Wildman–Crippen MR) is 87.9 cm³/mol. The monoisotopic (exact) mass is 347 g/mol. The number of aromatic hydroxyl groups is 1. The number of rotatable bonds is 2. The topological polar surface area (TPSA) is 38.7 Å². The first-order chi connectivity index (χ1) is 11.0. The van der Waals surface area contributed by atoms with Gasteiger partial charge in [0.1, 0.15) is 5.75 Å². The molecule has 0 saturated heterocycles. The van der Waals surface area contributed by atoms with Crippen molar-refractivity contribution in [1.82, 2.24) is 0 Å². The van der Waals surface area contributed by atoms with E-state index < -0.39 is 0 Å². The molecule has 0 fully saturated rings. The zero-order valence-electron chi connectivity index (χ0n) is 14.1. The van der Waals surface area contributed by atoms with Crippen molar-refractivity contribution in [2.24, 2.45) is 0 Å². The Bertz CT molecular complexity index is 758. The van der Waals surface area contributed by atoms with E-state index in [1.807, 2.05) is 18.2 Å². The Kier molecular flexibility index (Phi) is 4.14. The van der Waals surface area contributed by atoms with Crippen molar-refractivity contribution in [3.05, 3.63) is 53.1 Å². The highest BCUT2D eigenvalue weighted by Gasteiger charge is 2.50. The first kappa shape index (κ1) is 16.9. The fourth-order valence-electron chi connectivity index (χ4n) is 3.97. The maximum absolute atomic E-state index is 9.57. The number of likely N-dealkylation sites (N-methyl/N-ethyl adjacent to an activating group) is 1. The van der Waals surface area contributed by atoms with E-state index >= 15 is 0 Å². The summed E-state index contributed by atoms with van der Waals surface area (Å²) >= 11 is 0. The van der Waals surface area contributed by atoms with E-state index in [4.69, 9.17) is 9.47 Å². The van der Waals surface area contributed by atoms with Crippen LogP contribution in [0.25, 0.3) is 0 Å². The summed E-state index contributed by atoms with van der Waals surface area (Å²) in [7, 11) is 6.21. The van der Waals surface area contributed by atoms with E-state index in [2.05, 4.69) is 20.2 Å². The number of hydrogen-bond donors (Lipinski definition) is 1. The van der Waals surface area contributed by atoms with E-state index in [0.29, 0.717) is 0 Å². The van der Waals surface area contributed by atoms with E-state index in [0.717, 1.165) is 34.5 Å². The molecule has 128 valence electrons. The van der Waals surface area contributed by atoms with Crippen molar-refractivity contribution in [3.8, 4) is 17.2 Å². The Labute approximate surface area is 148 Å². The van der Waals surface area contributed by atoms with Crippen LogP contribution < -0.4 is 21.9 Å². The third kappa shape index (κ3) is 2.41. The Morgan fingerprint density at radius 3 is 2.50 bits per heavy atom. The number of benzene rings is 2. The number of phenols is 1. The van der Waals surface area contributed by atoms with Crippen LogP contribution >= 0.6 is 0 Å². The SMILES string of the molecule is COc1ccc2c3c1O[C@H](c1ccc(O)cc1)[C@H]3[N+](C)(C)CC2.[Cl-]. The molecular formula is C19H22ClNO3. The molecule has 2 heterocycles. The lowest BCUT2D eigenvalue weighted by atomic mass is 9.87. The van der Waals surface area contributed by atoms with Crippen molar-refractivity contribution < 1.29 is 31.5 Å². The summed E-state index contributed by atoms with van der Waals surface area (Å²) in [5, 5.41) is 9.57. The van der Waals surface area contributed by atoms with Crippen LogP contribution in [0.5, 0.6) is 17.2 Å². The van der Waals surface area contributed by atoms with Crippen LogP contribution in [0.3, 0.4) is 0 Å². The van der Waals surface area contributed by atoms with Crippen molar-refractivity contribution in [2.75, 3.05) is 27.7 Å². The lowest BCUT2D eigenvalue weighted by Gasteiger charge is -2.41. The first-order valence-corrected chi connectivity index (χ1v) is 7.99. The molecule has 0 spiro atoms. The number of quaternary nitrogens is 1. The highest BCUT2D eigenvalue weighted by atomic mass is 35.5. The van der Waals surface area contributed by atoms with Crippen LogP contribution in [0, 0.1) is 0 Å². The van der Waals surface area contributed by atoms with Crippen LogP contribution in [0.2, 0.25) is 0 Å². The van der Waals surface area contributed by atoms with Gasteiger partial charge in [0.25, 0.3) is 0 Å². The molecule has 0 amide bonds. The van der Waals surface area contributed by atoms with E-state index in [9.17, 15) is 5.11 Å². The minimum absolute atomic E-state index is 0. The highest BCUT2D eigenvalue weighted by Crippen LogP contribution is 2.56. The van der Waals surface area contributed by atoms with Gasteiger partial charge >= 0.3 is 0 Å². The zero-order chi connectivity index (χ0) is 16.2. The Morgan fingerprint density at radius 2 is 1.83 bits per heavy atom. The molecule has 0 bridgehead atoms. The van der Waals surface area contributed by atoms with E-state index in [1.165, 1.54) is 11.1 Å². The maximum atomic E-state index is 9.57. The second-order valence-electron chi connectivity index (χ2n) is 7.00. The second kappa shape index (κ2) is 5.87. The summed E-state index contributed by atoms with van der Waals surface area (Å²) in [6, 6.07) is 11.8. The molecule has 0 saturated carbocycles. The first-order valence-electron chi connectivity index (χ1n) is 7.99. The summed E-state index contributed by atoms with van der Waals surface area (Å²) in [5.41, 5.74) is 3.74. The number of nitrogens with zero attached hydrogens (tertiary/aromatic N) is 1. The number of methoxy groups -OCH3 is 1. The molecule has 24 heavy (non-hydrogen) atoms. The lowest BCUT2D eigenvalue weighted by molar-refractivity contribution is -0.925. The molecule has 4 nitrogen and oxygen atoms in total. The summed E-state index contributed by atoms with van der Waals surface area (Å²) in [6.45, 7) is 1.08. The van der Waals surface area contributed by atoms with Gasteiger partial charge < -0.3 is 31.5 Å². The second-order valence-corrected chi connectivity index (χ2v) is 7.00. The number of halogens is 1. The smallest absolute Gasteiger partial charge is 0.180 e. The fraction of sp³-hybridized carbons (Fsp3) is 0.368. The molecule has 2 atom stereocenters. The highest BCUT2D eigenvalue weighted by molar-refractivity contribution is 5.56. The predicted octanol–water partition coefficient (Wildman–Crippen LogP) is 0.212. The Hall–Kier alpha value is -1.91. The van der Waals surface area contributed by atoms with Gasteiger partial charge in [-0.1, -0.05) is 18.2 Å². The van der Waals surface area contributed by atoms with Crippen molar-refractivity contribution in [2.45, 2.75) is 18.6 Å². The Morgan fingerprint density at radius 1 is 1.12 bits per heavy atom. The van der Waals surface area contributed by atoms with Gasteiger partial charge in [-0.2, -0.15) is 0 Å². The van der Waals surface area contributed by atoms with Gasteiger partial charge in [0, 0.05) is 6.42 Å². The lowest BCUT2D eigenvalue weighted by Crippen LogP contribution is -3.00. The largest absolute Gasteiger partial charge is 1.00 e. The van der Waals surface area contributed by atoms with Crippen LogP contribution in [-0.2, 0) is 6.42 Å². The molecule has 2 aliphatic heterocycles. The van der Waals surface area contributed by atoms with Gasteiger partial charge in [0.15, 0.2) is 23.6 Å². The standard InChI is InChI=1S/C19H21NO3.ClH/c1-20(2)11-10-12-6-9-15(22-3)19-16(12)17(20)18(23-19)13-4-7-14(21)8-5-13;/h4-9,17-18H,10-11H2,1-3H3;1H/t17-,18+;/m0./s1. The fourth-order valence-corrected chi connectivity index (χ4v) is 3.97. The number of hydrogen-bond acceptors (Lipinski definition) is 3. The van der Waals surface area contributed by atoms with Crippen molar-refractivity contribution in [3.63, 3.8) is 0 Å². The van der Waals surface area contributed by atoms with Gasteiger partial charge in [0.05, 0.1) is 33.3 Å². The maximum Gasteiger partial charge on any atom is 0.180 e. The van der Waals surface area contributed by atoms with E-state index in [-0.39, 0.29) is 30.3 Å². The zero-order valence-corrected chi connectivity index (χ0v) is 14.9. The number of ether oxygens (including phenoxy) is 2. The van der Waals surface area contributed by atoms with Crippen molar-refractivity contribution in [1.29, 1.82) is 0 Å². The summed E-state index contributed by atoms with van der Waals surface area (Å²) in [6.07, 6.45) is 0.998. The molecule has 0 radical (unpaired) electrons. The minimum Gasteiger partial charge on any atom is -1.00 e. The molecule has 4 rings (SSSR count). The quantitative estimate of drug-likeness (QED) is 0.790.